The molecular formula is C44H65NO5. The molecule has 5 aliphatic rings. The Morgan fingerprint density at radius 1 is 0.900 bits per heavy atom. The largest absolute Gasteiger partial charge is 0.481 e. The van der Waals surface area contributed by atoms with Gasteiger partial charge in [-0.05, 0) is 155 Å². The van der Waals surface area contributed by atoms with E-state index in [0.29, 0.717) is 36.0 Å². The van der Waals surface area contributed by atoms with Crippen LogP contribution < -0.4 is 5.32 Å². The number of fused-ring (bicyclic) bond motifs is 7. The Morgan fingerprint density at radius 2 is 1.60 bits per heavy atom. The molecule has 0 bridgehead atoms. The Morgan fingerprint density at radius 3 is 2.26 bits per heavy atom. The first-order valence-corrected chi connectivity index (χ1v) is 19.7. The van der Waals surface area contributed by atoms with Gasteiger partial charge in [0.1, 0.15) is 6.10 Å². The van der Waals surface area contributed by atoms with Crippen LogP contribution in [0.15, 0.2) is 36.4 Å². The molecule has 1 amide bonds. The van der Waals surface area contributed by atoms with Crippen LogP contribution in [0.4, 0.5) is 5.69 Å². The lowest BCUT2D eigenvalue weighted by Gasteiger charge is -2.73. The lowest BCUT2D eigenvalue weighted by Crippen LogP contribution is -2.66. The van der Waals surface area contributed by atoms with Crippen LogP contribution >= 0.6 is 0 Å². The average Bonchev–Trinajstić information content (AvgIpc) is 3.39. The first-order valence-electron chi connectivity index (χ1n) is 19.7. The van der Waals surface area contributed by atoms with Gasteiger partial charge in [-0.3, -0.25) is 14.4 Å². The summed E-state index contributed by atoms with van der Waals surface area (Å²) in [7, 11) is 0. The summed E-state index contributed by atoms with van der Waals surface area (Å²) in [5, 5.41) is 12.9. The first-order chi connectivity index (χ1) is 23.2. The highest BCUT2D eigenvalue weighted by atomic mass is 16.5. The number of carbonyl (C=O) groups excluding carboxylic acids is 2. The SMILES string of the molecule is C=C(C)[C@@H]1CC[C@]2(CC(=O)Nc3ccccc3C)CC[C@]3(C)[C@H](CC[C@@H]4[C@@]5(C)CC[C@H](OC(=O)CC(C)(C)C(=O)O)C(C)(C)[C@@H]5CC[C@]43C)[C@@H]12. The van der Waals surface area contributed by atoms with E-state index in [1.54, 1.807) is 13.8 Å². The Bertz CT molecular complexity index is 1540. The van der Waals surface area contributed by atoms with Crippen molar-refractivity contribution in [2.75, 3.05) is 5.32 Å². The Balaban J connectivity index is 1.25. The molecule has 6 rings (SSSR count). The van der Waals surface area contributed by atoms with Gasteiger partial charge in [0.15, 0.2) is 0 Å². The number of rotatable bonds is 8. The van der Waals surface area contributed by atoms with Crippen molar-refractivity contribution in [1.82, 2.24) is 0 Å². The molecule has 1 aromatic carbocycles. The van der Waals surface area contributed by atoms with E-state index < -0.39 is 17.4 Å². The lowest BCUT2D eigenvalue weighted by atomic mass is 9.32. The average molecular weight is 688 g/mol. The maximum absolute atomic E-state index is 13.8. The number of anilines is 1. The number of benzene rings is 1. The fourth-order valence-corrected chi connectivity index (χ4v) is 13.6. The highest BCUT2D eigenvalue weighted by Crippen LogP contribution is 2.78. The fraction of sp³-hybridized carbons (Fsp3) is 0.750. The summed E-state index contributed by atoms with van der Waals surface area (Å²) in [6.45, 7) is 24.5. The number of carbonyl (C=O) groups is 3. The smallest absolute Gasteiger partial charge is 0.309 e. The number of hydrogen-bond donors (Lipinski definition) is 2. The summed E-state index contributed by atoms with van der Waals surface area (Å²) < 4.78 is 6.18. The van der Waals surface area contributed by atoms with Gasteiger partial charge in [0.2, 0.25) is 5.91 Å². The van der Waals surface area contributed by atoms with Gasteiger partial charge < -0.3 is 15.2 Å². The second-order valence-electron chi connectivity index (χ2n) is 19.8. The molecule has 0 spiro atoms. The standard InChI is InChI=1S/C44H65NO5/c1-27(2)29-17-22-44(25-35(46)45-31-14-12-11-13-28(31)3)24-23-42(9)30(37(29)44)15-16-33-41(8)20-19-34(50-36(47)26-39(4,5)38(48)49)40(6,7)32(41)18-21-43(33,42)10/h11-14,29-30,32-34,37H,1,15-26H2,2-10H3,(H,45,46)(H,48,49)/t29-,30+,32-,33+,34-,37+,41-,42+,43+,44+/m0/s1. The molecule has 0 aliphatic heterocycles. The number of esters is 1. The van der Waals surface area contributed by atoms with Crippen molar-refractivity contribution in [2.24, 2.45) is 62.1 Å². The molecule has 1 aromatic rings. The highest BCUT2D eigenvalue weighted by Gasteiger charge is 2.71. The predicted octanol–water partition coefficient (Wildman–Crippen LogP) is 10.4. The van der Waals surface area contributed by atoms with Crippen LogP contribution in [0.5, 0.6) is 0 Å². The van der Waals surface area contributed by atoms with Crippen molar-refractivity contribution in [1.29, 1.82) is 0 Å². The van der Waals surface area contributed by atoms with Crippen molar-refractivity contribution in [2.45, 2.75) is 145 Å². The summed E-state index contributed by atoms with van der Waals surface area (Å²) in [6, 6.07) is 8.10. The number of para-hydroxylation sites is 1. The molecule has 0 heterocycles. The van der Waals surface area contributed by atoms with Crippen LogP contribution in [-0.4, -0.2) is 29.1 Å². The van der Waals surface area contributed by atoms with E-state index >= 15 is 0 Å². The summed E-state index contributed by atoms with van der Waals surface area (Å²) in [6.07, 6.45) is 11.4. The van der Waals surface area contributed by atoms with Crippen molar-refractivity contribution in [3.05, 3.63) is 42.0 Å². The van der Waals surface area contributed by atoms with Gasteiger partial charge in [0.05, 0.1) is 11.8 Å². The molecule has 6 heteroatoms. The third-order valence-corrected chi connectivity index (χ3v) is 16.5. The molecule has 276 valence electrons. The van der Waals surface area contributed by atoms with Crippen molar-refractivity contribution in [3.63, 3.8) is 0 Å². The normalized spacial score (nSPS) is 40.3. The third-order valence-electron chi connectivity index (χ3n) is 16.5. The summed E-state index contributed by atoms with van der Waals surface area (Å²) in [4.78, 5) is 38.6. The molecule has 2 N–H and O–H groups in total. The van der Waals surface area contributed by atoms with Crippen molar-refractivity contribution < 1.29 is 24.2 Å². The number of hydrogen-bond acceptors (Lipinski definition) is 4. The second kappa shape index (κ2) is 12.5. The van der Waals surface area contributed by atoms with Gasteiger partial charge in [-0.15, -0.1) is 0 Å². The van der Waals surface area contributed by atoms with Crippen LogP contribution in [0.25, 0.3) is 0 Å². The van der Waals surface area contributed by atoms with Crippen LogP contribution in [0.2, 0.25) is 0 Å². The Hall–Kier alpha value is -2.63. The maximum atomic E-state index is 13.8. The van der Waals surface area contributed by atoms with Crippen LogP contribution in [-0.2, 0) is 19.1 Å². The molecule has 0 aromatic heterocycles. The van der Waals surface area contributed by atoms with E-state index in [4.69, 9.17) is 4.74 Å². The van der Waals surface area contributed by atoms with E-state index in [2.05, 4.69) is 66.4 Å². The molecule has 5 fully saturated rings. The number of amides is 1. The minimum atomic E-state index is -1.14. The van der Waals surface area contributed by atoms with E-state index in [-0.39, 0.29) is 45.5 Å². The van der Waals surface area contributed by atoms with Crippen LogP contribution in [0, 0.1) is 69.0 Å². The molecule has 5 aliphatic carbocycles. The zero-order valence-electron chi connectivity index (χ0n) is 32.5. The van der Waals surface area contributed by atoms with Gasteiger partial charge >= 0.3 is 11.9 Å². The molecule has 5 saturated carbocycles. The number of ether oxygens (including phenoxy) is 1. The number of allylic oxidation sites excluding steroid dienone is 1. The monoisotopic (exact) mass is 687 g/mol. The zero-order chi connectivity index (χ0) is 36.7. The Kier molecular flexibility index (Phi) is 9.29. The number of aryl methyl sites for hydroxylation is 1. The van der Waals surface area contributed by atoms with E-state index in [1.165, 1.54) is 31.3 Å². The maximum Gasteiger partial charge on any atom is 0.309 e. The van der Waals surface area contributed by atoms with Gasteiger partial charge in [0, 0.05) is 17.5 Å². The Labute approximate surface area is 302 Å². The van der Waals surface area contributed by atoms with Crippen LogP contribution in [0.3, 0.4) is 0 Å². The number of aliphatic carboxylic acids is 1. The third kappa shape index (κ3) is 5.68. The number of nitrogens with one attached hydrogen (secondary N) is 1. The first kappa shape index (κ1) is 37.1. The minimum absolute atomic E-state index is 0.0179. The number of carboxylic acids is 1. The quantitative estimate of drug-likeness (QED) is 0.210. The lowest BCUT2D eigenvalue weighted by molar-refractivity contribution is -0.250. The molecule has 6 nitrogen and oxygen atoms in total. The summed E-state index contributed by atoms with van der Waals surface area (Å²) in [5.41, 5.74) is 2.50. The molecule has 0 radical (unpaired) electrons. The van der Waals surface area contributed by atoms with Gasteiger partial charge in [-0.2, -0.15) is 0 Å². The fourth-order valence-electron chi connectivity index (χ4n) is 13.6. The predicted molar refractivity (Wildman–Crippen MR) is 199 cm³/mol. The molecular weight excluding hydrogens is 622 g/mol. The minimum Gasteiger partial charge on any atom is -0.481 e. The van der Waals surface area contributed by atoms with Crippen LogP contribution in [0.1, 0.15) is 138 Å². The molecule has 50 heavy (non-hydrogen) atoms. The van der Waals surface area contributed by atoms with Crippen molar-refractivity contribution in [3.8, 4) is 0 Å². The molecule has 0 saturated heterocycles. The molecule has 10 atom stereocenters. The topological polar surface area (TPSA) is 92.7 Å². The van der Waals surface area contributed by atoms with Gasteiger partial charge in [0.25, 0.3) is 0 Å². The second-order valence-corrected chi connectivity index (χ2v) is 19.8. The molecule has 0 unspecified atom stereocenters. The van der Waals surface area contributed by atoms with E-state index in [1.807, 2.05) is 18.2 Å². The van der Waals surface area contributed by atoms with Crippen molar-refractivity contribution >= 4 is 23.5 Å². The number of carboxylic acid groups (broad SMARTS) is 1. The zero-order valence-corrected chi connectivity index (χ0v) is 32.5. The van der Waals surface area contributed by atoms with E-state index in [9.17, 15) is 19.5 Å². The van der Waals surface area contributed by atoms with Gasteiger partial charge in [-0.1, -0.05) is 65.0 Å². The van der Waals surface area contributed by atoms with Gasteiger partial charge in [-0.25, -0.2) is 0 Å². The summed E-state index contributed by atoms with van der Waals surface area (Å²) >= 11 is 0. The summed E-state index contributed by atoms with van der Waals surface area (Å²) in [5.74, 6) is 1.31. The highest BCUT2D eigenvalue weighted by molar-refractivity contribution is 5.92. The van der Waals surface area contributed by atoms with E-state index in [0.717, 1.165) is 49.8 Å².